The minimum absolute atomic E-state index is 0.781. The molecule has 0 aliphatic heterocycles. The van der Waals surface area contributed by atoms with Gasteiger partial charge in [0, 0.05) is 50.8 Å². The Kier molecular flexibility index (Phi) is 6.13. The van der Waals surface area contributed by atoms with Crippen LogP contribution in [0.2, 0.25) is 0 Å². The van der Waals surface area contributed by atoms with Gasteiger partial charge in [0.2, 0.25) is 5.78 Å². The zero-order valence-corrected chi connectivity index (χ0v) is 29.7. The summed E-state index contributed by atoms with van der Waals surface area (Å²) in [6.07, 6.45) is 3.90. The molecule has 55 heavy (non-hydrogen) atoms. The molecule has 0 bridgehead atoms. The van der Waals surface area contributed by atoms with Gasteiger partial charge in [-0.05, 0) is 66.6 Å². The van der Waals surface area contributed by atoms with Crippen LogP contribution in [0.1, 0.15) is 5.56 Å². The monoisotopic (exact) mass is 706 g/mol. The predicted molar refractivity (Wildman–Crippen MR) is 222 cm³/mol. The van der Waals surface area contributed by atoms with Crippen molar-refractivity contribution < 1.29 is 4.42 Å². The van der Waals surface area contributed by atoms with E-state index in [1.807, 2.05) is 36.7 Å². The van der Waals surface area contributed by atoms with Crippen LogP contribution in [-0.2, 0) is 0 Å². The summed E-state index contributed by atoms with van der Waals surface area (Å²) >= 11 is 0. The Hall–Kier alpha value is -7.51. The topological polar surface area (TPSA) is 66.1 Å². The molecule has 0 aliphatic rings. The number of hydrogen-bond acceptors (Lipinski definition) is 4. The van der Waals surface area contributed by atoms with Crippen LogP contribution in [0.4, 0.5) is 0 Å². The molecule has 7 heteroatoms. The molecular weight excluding hydrogens is 677 g/mol. The van der Waals surface area contributed by atoms with E-state index >= 15 is 0 Å². The first-order chi connectivity index (χ1) is 27.2. The standard InChI is InChI=1S/C48H30N6O/c1-29-14-13-24-40(42(29)33-19-5-6-20-34(33)43-46-35(26-27-49-43)32-18-8-12-25-41(32)55-46)53-38-22-10-11-23-39(38)54-47-44(51-48(53)54)45-36(28-50-47)31-17-7-9-21-37(31)52(45)30-15-3-2-4-16-30/h2-28H,1H3. The summed E-state index contributed by atoms with van der Waals surface area (Å²) in [5, 5.41) is 4.35. The van der Waals surface area contributed by atoms with Gasteiger partial charge in [-0.1, -0.05) is 103 Å². The van der Waals surface area contributed by atoms with Crippen molar-refractivity contribution in [3.63, 3.8) is 0 Å². The summed E-state index contributed by atoms with van der Waals surface area (Å²) in [6.45, 7) is 2.18. The van der Waals surface area contributed by atoms with E-state index in [-0.39, 0.29) is 0 Å². The van der Waals surface area contributed by atoms with E-state index in [0.29, 0.717) is 0 Å². The fourth-order valence-electron chi connectivity index (χ4n) is 8.78. The van der Waals surface area contributed by atoms with Gasteiger partial charge in [-0.15, -0.1) is 0 Å². The lowest BCUT2D eigenvalue weighted by Crippen LogP contribution is -2.01. The number of hydrogen-bond donors (Lipinski definition) is 0. The zero-order valence-electron chi connectivity index (χ0n) is 29.7. The van der Waals surface area contributed by atoms with Gasteiger partial charge in [-0.2, -0.15) is 0 Å². The molecule has 0 fully saturated rings. The molecule has 0 amide bonds. The van der Waals surface area contributed by atoms with Crippen LogP contribution in [0, 0.1) is 6.92 Å². The fraction of sp³-hybridized carbons (Fsp3) is 0.0208. The minimum atomic E-state index is 0.781. The van der Waals surface area contributed by atoms with E-state index in [9.17, 15) is 0 Å². The Morgan fingerprint density at radius 1 is 0.545 bits per heavy atom. The lowest BCUT2D eigenvalue weighted by molar-refractivity contribution is 0.668. The van der Waals surface area contributed by atoms with Gasteiger partial charge in [-0.25, -0.2) is 9.97 Å². The summed E-state index contributed by atoms with van der Waals surface area (Å²) < 4.78 is 13.4. The second kappa shape index (κ2) is 11.2. The van der Waals surface area contributed by atoms with E-state index in [4.69, 9.17) is 19.4 Å². The lowest BCUT2D eigenvalue weighted by Gasteiger charge is -2.18. The second-order valence-corrected chi connectivity index (χ2v) is 14.1. The van der Waals surface area contributed by atoms with Crippen LogP contribution in [0.3, 0.4) is 0 Å². The number of aryl methyl sites for hydroxylation is 1. The van der Waals surface area contributed by atoms with Crippen molar-refractivity contribution in [2.24, 2.45) is 0 Å². The molecule has 0 radical (unpaired) electrons. The number of aromatic nitrogens is 6. The highest BCUT2D eigenvalue weighted by Crippen LogP contribution is 2.43. The van der Waals surface area contributed by atoms with Gasteiger partial charge < -0.3 is 8.98 Å². The van der Waals surface area contributed by atoms with E-state index < -0.39 is 0 Å². The zero-order chi connectivity index (χ0) is 36.2. The fourth-order valence-corrected chi connectivity index (χ4v) is 8.78. The predicted octanol–water partition coefficient (Wildman–Crippen LogP) is 11.9. The third-order valence-corrected chi connectivity index (χ3v) is 11.1. The smallest absolute Gasteiger partial charge is 0.222 e. The number of para-hydroxylation sites is 5. The highest BCUT2D eigenvalue weighted by atomic mass is 16.3. The van der Waals surface area contributed by atoms with Gasteiger partial charge in [-0.3, -0.25) is 14.0 Å². The number of fused-ring (bicyclic) bond motifs is 12. The Morgan fingerprint density at radius 3 is 2.15 bits per heavy atom. The average Bonchev–Trinajstić information content (AvgIpc) is 3.98. The van der Waals surface area contributed by atoms with Crippen LogP contribution in [-0.4, -0.2) is 28.5 Å². The maximum absolute atomic E-state index is 6.52. The van der Waals surface area contributed by atoms with Crippen molar-refractivity contribution in [3.05, 3.63) is 170 Å². The molecular formula is C48H30N6O. The molecule has 7 nitrogen and oxygen atoms in total. The highest BCUT2D eigenvalue weighted by Gasteiger charge is 2.26. The molecule has 0 N–H and O–H groups in total. The summed E-state index contributed by atoms with van der Waals surface area (Å²) in [4.78, 5) is 15.7. The molecule has 0 saturated heterocycles. The van der Waals surface area contributed by atoms with E-state index in [1.165, 1.54) is 0 Å². The van der Waals surface area contributed by atoms with Gasteiger partial charge >= 0.3 is 0 Å². The average molecular weight is 707 g/mol. The largest absolute Gasteiger partial charge is 0.454 e. The number of furan rings is 1. The SMILES string of the molecule is Cc1cccc(-n2c3ccccc3n3c4ncc5c6ccccc6n(-c6ccccc6)c5c4nc23)c1-c1ccccc1-c1nccc2c1oc1ccccc12. The number of nitrogens with zero attached hydrogens (tertiary/aromatic N) is 6. The Balaban J connectivity index is 1.18. The molecule has 0 unspecified atom stereocenters. The molecule has 258 valence electrons. The molecule has 0 atom stereocenters. The number of pyridine rings is 2. The quantitative estimate of drug-likeness (QED) is 0.183. The van der Waals surface area contributed by atoms with Crippen LogP contribution < -0.4 is 0 Å². The molecule has 6 aromatic carbocycles. The van der Waals surface area contributed by atoms with Crippen LogP contribution in [0.25, 0.3) is 105 Å². The Labute approximate surface area is 314 Å². The second-order valence-electron chi connectivity index (χ2n) is 14.1. The van der Waals surface area contributed by atoms with Crippen molar-refractivity contribution in [2.75, 3.05) is 0 Å². The highest BCUT2D eigenvalue weighted by molar-refractivity contribution is 6.17. The van der Waals surface area contributed by atoms with Crippen molar-refractivity contribution in [1.82, 2.24) is 28.5 Å². The Morgan fingerprint density at radius 2 is 1.27 bits per heavy atom. The van der Waals surface area contributed by atoms with Crippen LogP contribution >= 0.6 is 0 Å². The number of imidazole rings is 2. The van der Waals surface area contributed by atoms with Gasteiger partial charge in [0.1, 0.15) is 16.8 Å². The minimum Gasteiger partial charge on any atom is -0.454 e. The third-order valence-electron chi connectivity index (χ3n) is 11.1. The maximum atomic E-state index is 6.52. The maximum Gasteiger partial charge on any atom is 0.222 e. The molecule has 0 spiro atoms. The molecule has 0 aliphatic carbocycles. The molecule has 12 rings (SSSR count). The van der Waals surface area contributed by atoms with Crippen molar-refractivity contribution in [3.8, 4) is 33.8 Å². The van der Waals surface area contributed by atoms with Gasteiger partial charge in [0.05, 0.1) is 27.8 Å². The first kappa shape index (κ1) is 30.0. The van der Waals surface area contributed by atoms with Crippen molar-refractivity contribution >= 4 is 71.7 Å². The van der Waals surface area contributed by atoms with E-state index in [1.54, 1.807) is 0 Å². The number of rotatable bonds is 4. The lowest BCUT2D eigenvalue weighted by atomic mass is 9.92. The van der Waals surface area contributed by atoms with Crippen LogP contribution in [0.15, 0.2) is 168 Å². The summed E-state index contributed by atoms with van der Waals surface area (Å²) in [5.41, 5.74) is 14.7. The van der Waals surface area contributed by atoms with E-state index in [0.717, 1.165) is 111 Å². The first-order valence-corrected chi connectivity index (χ1v) is 18.5. The number of benzene rings is 6. The summed E-state index contributed by atoms with van der Waals surface area (Å²) in [7, 11) is 0. The van der Waals surface area contributed by atoms with Crippen LogP contribution in [0.5, 0.6) is 0 Å². The van der Waals surface area contributed by atoms with Gasteiger partial charge in [0.25, 0.3) is 0 Å². The summed E-state index contributed by atoms with van der Waals surface area (Å²) in [6, 6.07) is 52.8. The molecule has 6 aromatic heterocycles. The van der Waals surface area contributed by atoms with Crippen molar-refractivity contribution in [2.45, 2.75) is 6.92 Å². The Bertz CT molecular complexity index is 3510. The third kappa shape index (κ3) is 4.12. The molecule has 0 saturated carbocycles. The summed E-state index contributed by atoms with van der Waals surface area (Å²) in [5.74, 6) is 0.794. The molecule has 12 aromatic rings. The molecule has 6 heterocycles. The van der Waals surface area contributed by atoms with Crippen molar-refractivity contribution in [1.29, 1.82) is 0 Å². The normalized spacial score (nSPS) is 12.1. The first-order valence-electron chi connectivity index (χ1n) is 18.5. The van der Waals surface area contributed by atoms with Gasteiger partial charge in [0.15, 0.2) is 11.2 Å². The van der Waals surface area contributed by atoms with E-state index in [2.05, 4.69) is 148 Å².